The predicted octanol–water partition coefficient (Wildman–Crippen LogP) is 6.03. The fraction of sp³-hybridized carbons (Fsp3) is 0.200. The molecular weight excluding hydrogens is 482 g/mol. The van der Waals surface area contributed by atoms with Crippen LogP contribution in [0.5, 0.6) is 11.5 Å². The van der Waals surface area contributed by atoms with E-state index >= 15 is 0 Å². The molecule has 0 fully saturated rings. The van der Waals surface area contributed by atoms with Crippen LogP contribution in [0.15, 0.2) is 95.1 Å². The predicted molar refractivity (Wildman–Crippen MR) is 148 cm³/mol. The van der Waals surface area contributed by atoms with Crippen LogP contribution in [0.4, 0.5) is 0 Å². The van der Waals surface area contributed by atoms with Gasteiger partial charge in [-0.3, -0.25) is 14.1 Å². The quantitative estimate of drug-likeness (QED) is 0.229. The summed E-state index contributed by atoms with van der Waals surface area (Å²) in [5, 5.41) is 1.98. The van der Waals surface area contributed by atoms with Crippen molar-refractivity contribution in [3.63, 3.8) is 0 Å². The second-order valence-electron chi connectivity index (χ2n) is 8.76. The molecule has 0 saturated carbocycles. The lowest BCUT2D eigenvalue weighted by molar-refractivity contribution is 0.244. The zero-order valence-corrected chi connectivity index (χ0v) is 21.8. The van der Waals surface area contributed by atoms with Gasteiger partial charge in [-0.25, -0.2) is 4.98 Å². The summed E-state index contributed by atoms with van der Waals surface area (Å²) in [7, 11) is 1.64. The molecule has 5 rings (SSSR count). The molecule has 0 saturated heterocycles. The molecule has 0 aliphatic rings. The second-order valence-corrected chi connectivity index (χ2v) is 9.60. The van der Waals surface area contributed by atoms with E-state index < -0.39 is 0 Å². The third kappa shape index (κ3) is 5.90. The minimum Gasteiger partial charge on any atom is -0.497 e. The van der Waals surface area contributed by atoms with E-state index in [1.165, 1.54) is 22.5 Å². The Labute approximate surface area is 220 Å². The first-order chi connectivity index (χ1) is 18.1. The van der Waals surface area contributed by atoms with Crippen LogP contribution < -0.4 is 15.0 Å². The van der Waals surface area contributed by atoms with E-state index in [-0.39, 0.29) is 5.56 Å². The molecule has 2 aromatic heterocycles. The second kappa shape index (κ2) is 11.4. The first kappa shape index (κ1) is 24.7. The molecular formula is C30H29N3O3S. The van der Waals surface area contributed by atoms with Crippen LogP contribution in [0.3, 0.4) is 0 Å². The summed E-state index contributed by atoms with van der Waals surface area (Å²) in [5.74, 6) is 1.65. The number of hydrogen-bond donors (Lipinski definition) is 0. The topological polar surface area (TPSA) is 56.1 Å². The van der Waals surface area contributed by atoms with Crippen molar-refractivity contribution in [3.8, 4) is 22.8 Å². The van der Waals surface area contributed by atoms with Gasteiger partial charge in [-0.05, 0) is 60.0 Å². The number of fused-ring (bicyclic) bond motifs is 1. The molecule has 188 valence electrons. The van der Waals surface area contributed by atoms with Gasteiger partial charge in [0.2, 0.25) is 0 Å². The fourth-order valence-corrected chi connectivity index (χ4v) is 5.29. The Morgan fingerprint density at radius 3 is 2.22 bits per heavy atom. The summed E-state index contributed by atoms with van der Waals surface area (Å²) in [6, 6.07) is 27.9. The number of thiazole rings is 1. The highest BCUT2D eigenvalue weighted by Gasteiger charge is 2.14. The highest BCUT2D eigenvalue weighted by molar-refractivity contribution is 7.15. The number of hydrogen-bond acceptors (Lipinski definition) is 6. The minimum absolute atomic E-state index is 0.0761. The van der Waals surface area contributed by atoms with E-state index in [0.29, 0.717) is 18.1 Å². The monoisotopic (exact) mass is 511 g/mol. The summed E-state index contributed by atoms with van der Waals surface area (Å²) in [6.07, 6.45) is 0. The molecule has 0 atom stereocenters. The van der Waals surface area contributed by atoms with Gasteiger partial charge in [-0.2, -0.15) is 0 Å². The highest BCUT2D eigenvalue weighted by Crippen LogP contribution is 2.26. The summed E-state index contributed by atoms with van der Waals surface area (Å²) in [4.78, 5) is 21.1. The molecule has 0 bridgehead atoms. The molecule has 0 unspecified atom stereocenters. The molecule has 0 spiro atoms. The van der Waals surface area contributed by atoms with Crippen molar-refractivity contribution in [3.05, 3.63) is 117 Å². The van der Waals surface area contributed by atoms with Gasteiger partial charge in [0.1, 0.15) is 11.5 Å². The van der Waals surface area contributed by atoms with E-state index in [1.54, 1.807) is 17.6 Å². The van der Waals surface area contributed by atoms with Crippen molar-refractivity contribution < 1.29 is 9.47 Å². The van der Waals surface area contributed by atoms with Gasteiger partial charge < -0.3 is 9.47 Å². The van der Waals surface area contributed by atoms with Crippen molar-refractivity contribution in [1.29, 1.82) is 0 Å². The molecule has 2 heterocycles. The smallest absolute Gasteiger partial charge is 0.259 e. The zero-order chi connectivity index (χ0) is 25.6. The molecule has 0 N–H and O–H groups in total. The van der Waals surface area contributed by atoms with Crippen LogP contribution in [0.2, 0.25) is 0 Å². The maximum Gasteiger partial charge on any atom is 0.259 e. The average Bonchev–Trinajstić information content (AvgIpc) is 3.35. The number of methoxy groups -OCH3 is 1. The number of rotatable bonds is 10. The van der Waals surface area contributed by atoms with Crippen molar-refractivity contribution in [2.45, 2.75) is 26.6 Å². The Balaban J connectivity index is 1.42. The van der Waals surface area contributed by atoms with Crippen LogP contribution in [-0.2, 0) is 19.6 Å². The number of ether oxygens (including phenoxy) is 2. The van der Waals surface area contributed by atoms with Gasteiger partial charge >= 0.3 is 0 Å². The van der Waals surface area contributed by atoms with Crippen molar-refractivity contribution in [1.82, 2.24) is 14.3 Å². The summed E-state index contributed by atoms with van der Waals surface area (Å²) in [5.41, 5.74) is 4.86. The Kier molecular flexibility index (Phi) is 7.63. The maximum absolute atomic E-state index is 13.2. The molecule has 0 radical (unpaired) electrons. The van der Waals surface area contributed by atoms with Crippen LogP contribution in [0.25, 0.3) is 16.2 Å². The highest BCUT2D eigenvalue weighted by atomic mass is 32.1. The van der Waals surface area contributed by atoms with Crippen molar-refractivity contribution in [2.24, 2.45) is 0 Å². The van der Waals surface area contributed by atoms with Crippen LogP contribution >= 0.6 is 11.3 Å². The fourth-order valence-electron chi connectivity index (χ4n) is 4.36. The molecule has 0 aliphatic heterocycles. The molecule has 6 nitrogen and oxygen atoms in total. The third-order valence-electron chi connectivity index (χ3n) is 6.12. The number of benzene rings is 3. The van der Waals surface area contributed by atoms with Crippen LogP contribution in [0.1, 0.15) is 23.7 Å². The Hall–Kier alpha value is -3.94. The van der Waals surface area contributed by atoms with Gasteiger partial charge in [0.15, 0.2) is 4.96 Å². The first-order valence-electron chi connectivity index (χ1n) is 12.3. The van der Waals surface area contributed by atoms with Gasteiger partial charge in [0, 0.05) is 31.1 Å². The molecule has 7 heteroatoms. The van der Waals surface area contributed by atoms with Crippen molar-refractivity contribution in [2.75, 3.05) is 13.7 Å². The van der Waals surface area contributed by atoms with Gasteiger partial charge in [-0.1, -0.05) is 42.5 Å². The standard InChI is InChI=1S/C30H29N3O3S/c1-3-36-27-13-9-23(10-14-27)19-32(18-22-7-5-4-6-8-22)20-25-17-29(34)33-28(21-37-30(33)31-25)24-11-15-26(35-2)16-12-24/h4-17,21H,3,18-20H2,1-2H3. The third-order valence-corrected chi connectivity index (χ3v) is 6.94. The molecule has 3 aromatic carbocycles. The first-order valence-corrected chi connectivity index (χ1v) is 13.1. The summed E-state index contributed by atoms with van der Waals surface area (Å²) >= 11 is 1.48. The van der Waals surface area contributed by atoms with E-state index in [1.807, 2.05) is 66.9 Å². The lowest BCUT2D eigenvalue weighted by Gasteiger charge is -2.22. The largest absolute Gasteiger partial charge is 0.497 e. The van der Waals surface area contributed by atoms with Crippen LogP contribution in [0, 0.1) is 0 Å². The SMILES string of the molecule is CCOc1ccc(CN(Cc2ccccc2)Cc2cc(=O)n3c(-c4ccc(OC)cc4)csc3n2)cc1. The van der Waals surface area contributed by atoms with Gasteiger partial charge in [0.25, 0.3) is 5.56 Å². The Bertz CT molecular complexity index is 1510. The molecule has 0 amide bonds. The van der Waals surface area contributed by atoms with E-state index in [0.717, 1.165) is 41.5 Å². The van der Waals surface area contributed by atoms with E-state index in [4.69, 9.17) is 14.5 Å². The Morgan fingerprint density at radius 1 is 0.865 bits per heavy atom. The van der Waals surface area contributed by atoms with Crippen molar-refractivity contribution >= 4 is 16.3 Å². The van der Waals surface area contributed by atoms with Gasteiger partial charge in [-0.15, -0.1) is 11.3 Å². The van der Waals surface area contributed by atoms with E-state index in [2.05, 4.69) is 29.2 Å². The summed E-state index contributed by atoms with van der Waals surface area (Å²) < 4.78 is 12.5. The van der Waals surface area contributed by atoms with Crippen LogP contribution in [-0.4, -0.2) is 28.0 Å². The lowest BCUT2D eigenvalue weighted by Crippen LogP contribution is -2.25. The lowest BCUT2D eigenvalue weighted by atomic mass is 10.1. The number of nitrogens with zero attached hydrogens (tertiary/aromatic N) is 3. The minimum atomic E-state index is -0.0761. The normalized spacial score (nSPS) is 11.2. The van der Waals surface area contributed by atoms with E-state index in [9.17, 15) is 4.79 Å². The average molecular weight is 512 g/mol. The molecule has 0 aliphatic carbocycles. The molecule has 5 aromatic rings. The molecule has 37 heavy (non-hydrogen) atoms. The summed E-state index contributed by atoms with van der Waals surface area (Å²) in [6.45, 7) is 4.66. The Morgan fingerprint density at radius 2 is 1.54 bits per heavy atom. The maximum atomic E-state index is 13.2. The number of aromatic nitrogens is 2. The van der Waals surface area contributed by atoms with Gasteiger partial charge in [0.05, 0.1) is 25.1 Å². The zero-order valence-electron chi connectivity index (χ0n) is 21.0.